The van der Waals surface area contributed by atoms with E-state index in [2.05, 4.69) is 49.3 Å². The molecule has 98 valence electrons. The number of aromatic nitrogens is 2. The largest absolute Gasteiger partial charge is 0.309 e. The van der Waals surface area contributed by atoms with Crippen molar-refractivity contribution in [2.24, 2.45) is 7.05 Å². The van der Waals surface area contributed by atoms with E-state index in [0.29, 0.717) is 12.1 Å². The van der Waals surface area contributed by atoms with Gasteiger partial charge in [0, 0.05) is 44.0 Å². The molecule has 2 unspecified atom stereocenters. The Kier molecular flexibility index (Phi) is 5.65. The van der Waals surface area contributed by atoms with Crippen molar-refractivity contribution in [1.82, 2.24) is 20.0 Å². The van der Waals surface area contributed by atoms with E-state index in [4.69, 9.17) is 0 Å². The van der Waals surface area contributed by atoms with Crippen molar-refractivity contribution in [1.29, 1.82) is 0 Å². The fourth-order valence-corrected chi connectivity index (χ4v) is 1.77. The molecule has 0 amide bonds. The lowest BCUT2D eigenvalue weighted by Crippen LogP contribution is -2.35. The van der Waals surface area contributed by atoms with Crippen LogP contribution >= 0.6 is 0 Å². The van der Waals surface area contributed by atoms with E-state index in [0.717, 1.165) is 13.1 Å². The Labute approximate surface area is 105 Å². The molecule has 0 spiro atoms. The smallest absolute Gasteiger partial charge is 0.0537 e. The van der Waals surface area contributed by atoms with Gasteiger partial charge in [-0.3, -0.25) is 4.68 Å². The number of nitrogens with one attached hydrogen (secondary N) is 1. The van der Waals surface area contributed by atoms with E-state index < -0.39 is 0 Å². The summed E-state index contributed by atoms with van der Waals surface area (Å²) in [5, 5.41) is 7.72. The van der Waals surface area contributed by atoms with Crippen LogP contribution in [-0.2, 0) is 7.05 Å². The highest BCUT2D eigenvalue weighted by molar-refractivity contribution is 5.08. The van der Waals surface area contributed by atoms with Crippen molar-refractivity contribution in [3.8, 4) is 0 Å². The first-order valence-corrected chi connectivity index (χ1v) is 6.46. The van der Waals surface area contributed by atoms with Crippen molar-refractivity contribution >= 4 is 0 Å². The van der Waals surface area contributed by atoms with Crippen LogP contribution in [0.5, 0.6) is 0 Å². The van der Waals surface area contributed by atoms with Crippen LogP contribution < -0.4 is 5.32 Å². The molecule has 0 bridgehead atoms. The Morgan fingerprint density at radius 3 is 2.71 bits per heavy atom. The molecule has 4 heteroatoms. The molecule has 0 radical (unpaired) electrons. The first kappa shape index (κ1) is 14.2. The Morgan fingerprint density at radius 2 is 2.18 bits per heavy atom. The predicted octanol–water partition coefficient (Wildman–Crippen LogP) is 1.80. The molecular formula is C13H26N4. The summed E-state index contributed by atoms with van der Waals surface area (Å²) in [5.74, 6) is 0. The topological polar surface area (TPSA) is 33.1 Å². The second kappa shape index (κ2) is 6.77. The molecule has 1 aromatic heterocycles. The molecule has 0 saturated heterocycles. The zero-order valence-electron chi connectivity index (χ0n) is 11.8. The third-order valence-electron chi connectivity index (χ3n) is 3.48. The van der Waals surface area contributed by atoms with Crippen molar-refractivity contribution < 1.29 is 0 Å². The minimum Gasteiger partial charge on any atom is -0.309 e. The van der Waals surface area contributed by atoms with Gasteiger partial charge in [0.25, 0.3) is 0 Å². The van der Waals surface area contributed by atoms with Crippen LogP contribution in [0.15, 0.2) is 12.4 Å². The van der Waals surface area contributed by atoms with Crippen LogP contribution in [0.3, 0.4) is 0 Å². The van der Waals surface area contributed by atoms with Crippen LogP contribution in [0.2, 0.25) is 0 Å². The van der Waals surface area contributed by atoms with Crippen molar-refractivity contribution in [3.63, 3.8) is 0 Å². The molecule has 0 aromatic carbocycles. The molecule has 0 aliphatic carbocycles. The quantitative estimate of drug-likeness (QED) is 0.786. The fourth-order valence-electron chi connectivity index (χ4n) is 1.77. The molecule has 1 rings (SSSR count). The molecule has 4 nitrogen and oxygen atoms in total. The second-order valence-corrected chi connectivity index (χ2v) is 4.86. The summed E-state index contributed by atoms with van der Waals surface area (Å²) in [6.07, 6.45) is 5.20. The van der Waals surface area contributed by atoms with E-state index in [1.807, 2.05) is 17.9 Å². The zero-order valence-corrected chi connectivity index (χ0v) is 11.8. The van der Waals surface area contributed by atoms with Crippen LogP contribution in [0, 0.1) is 0 Å². The van der Waals surface area contributed by atoms with E-state index in [1.54, 1.807) is 0 Å². The first-order valence-electron chi connectivity index (χ1n) is 6.46. The summed E-state index contributed by atoms with van der Waals surface area (Å²) in [4.78, 5) is 2.39. The normalized spacial score (nSPS) is 15.2. The molecule has 0 aliphatic heterocycles. The average molecular weight is 238 g/mol. The van der Waals surface area contributed by atoms with Crippen LogP contribution in [-0.4, -0.2) is 40.9 Å². The summed E-state index contributed by atoms with van der Waals surface area (Å²) in [6.45, 7) is 8.77. The monoisotopic (exact) mass is 238 g/mol. The number of hydrogen-bond acceptors (Lipinski definition) is 3. The van der Waals surface area contributed by atoms with Gasteiger partial charge in [-0.25, -0.2) is 0 Å². The molecule has 1 aromatic rings. The van der Waals surface area contributed by atoms with Gasteiger partial charge in [0.1, 0.15) is 0 Å². The average Bonchev–Trinajstić information content (AvgIpc) is 2.74. The summed E-state index contributed by atoms with van der Waals surface area (Å²) in [7, 11) is 4.14. The van der Waals surface area contributed by atoms with Gasteiger partial charge >= 0.3 is 0 Å². The van der Waals surface area contributed by atoms with Crippen molar-refractivity contribution in [2.45, 2.75) is 39.3 Å². The van der Waals surface area contributed by atoms with E-state index in [-0.39, 0.29) is 0 Å². The Hall–Kier alpha value is -0.870. The lowest BCUT2D eigenvalue weighted by Gasteiger charge is -2.24. The van der Waals surface area contributed by atoms with Crippen molar-refractivity contribution in [2.75, 3.05) is 20.1 Å². The van der Waals surface area contributed by atoms with Gasteiger partial charge in [0.2, 0.25) is 0 Å². The van der Waals surface area contributed by atoms with Crippen LogP contribution in [0.25, 0.3) is 0 Å². The summed E-state index contributed by atoms with van der Waals surface area (Å²) >= 11 is 0. The molecule has 1 N–H and O–H groups in total. The first-order chi connectivity index (χ1) is 8.04. The number of nitrogens with zero attached hydrogens (tertiary/aromatic N) is 3. The number of likely N-dealkylation sites (N-methyl/N-ethyl adjacent to an activating group) is 1. The van der Waals surface area contributed by atoms with Gasteiger partial charge < -0.3 is 10.2 Å². The number of rotatable bonds is 7. The Morgan fingerprint density at radius 1 is 1.47 bits per heavy atom. The maximum atomic E-state index is 4.19. The Balaban J connectivity index is 2.27. The standard InChI is InChI=1S/C13H26N4/c1-6-11(2)16(4)8-7-14-12(3)13-9-15-17(5)10-13/h9-12,14H,6-8H2,1-5H3. The zero-order chi connectivity index (χ0) is 12.8. The van der Waals surface area contributed by atoms with E-state index in [9.17, 15) is 0 Å². The highest BCUT2D eigenvalue weighted by Crippen LogP contribution is 2.09. The summed E-state index contributed by atoms with van der Waals surface area (Å²) < 4.78 is 1.85. The minimum absolute atomic E-state index is 0.369. The summed E-state index contributed by atoms with van der Waals surface area (Å²) in [5.41, 5.74) is 1.25. The van der Waals surface area contributed by atoms with E-state index >= 15 is 0 Å². The maximum Gasteiger partial charge on any atom is 0.0537 e. The van der Waals surface area contributed by atoms with Gasteiger partial charge in [-0.1, -0.05) is 6.92 Å². The SMILES string of the molecule is CCC(C)N(C)CCNC(C)c1cnn(C)c1. The molecule has 0 saturated carbocycles. The van der Waals surface area contributed by atoms with Crippen molar-refractivity contribution in [3.05, 3.63) is 18.0 Å². The van der Waals surface area contributed by atoms with Crippen LogP contribution in [0.1, 0.15) is 38.8 Å². The highest BCUT2D eigenvalue weighted by Gasteiger charge is 2.09. The lowest BCUT2D eigenvalue weighted by atomic mass is 10.2. The molecule has 1 heterocycles. The fraction of sp³-hybridized carbons (Fsp3) is 0.769. The van der Waals surface area contributed by atoms with Gasteiger partial charge in [-0.2, -0.15) is 5.10 Å². The predicted molar refractivity (Wildman–Crippen MR) is 72.0 cm³/mol. The second-order valence-electron chi connectivity index (χ2n) is 4.86. The van der Waals surface area contributed by atoms with E-state index in [1.165, 1.54) is 12.0 Å². The molecular weight excluding hydrogens is 212 g/mol. The molecule has 0 aliphatic rings. The minimum atomic E-state index is 0.369. The molecule has 17 heavy (non-hydrogen) atoms. The number of hydrogen-bond donors (Lipinski definition) is 1. The third kappa shape index (κ3) is 4.48. The molecule has 0 fully saturated rings. The van der Waals surface area contributed by atoms with Gasteiger partial charge in [-0.05, 0) is 27.3 Å². The third-order valence-corrected chi connectivity index (χ3v) is 3.48. The highest BCUT2D eigenvalue weighted by atomic mass is 15.2. The lowest BCUT2D eigenvalue weighted by molar-refractivity contribution is 0.249. The number of aryl methyl sites for hydroxylation is 1. The Bertz CT molecular complexity index is 321. The maximum absolute atomic E-state index is 4.19. The molecule has 2 atom stereocenters. The van der Waals surface area contributed by atoms with Gasteiger partial charge in [-0.15, -0.1) is 0 Å². The van der Waals surface area contributed by atoms with Gasteiger partial charge in [0.05, 0.1) is 6.20 Å². The summed E-state index contributed by atoms with van der Waals surface area (Å²) in [6, 6.07) is 1.03. The van der Waals surface area contributed by atoms with Gasteiger partial charge in [0.15, 0.2) is 0 Å². The van der Waals surface area contributed by atoms with Crippen LogP contribution in [0.4, 0.5) is 0 Å².